The maximum absolute atomic E-state index is 2.50. The second-order valence-corrected chi connectivity index (χ2v) is 15.1. The lowest BCUT2D eigenvalue weighted by atomic mass is 9.85. The standard InChI is InChI=1S/C54H39N/c1-2-3-12-35-21-22-40-34-51-50(33-42(40)31-35)49-30-27-37-14-6-7-16-44(37)54(49)55(51)43-28-25-38(26-29-43)52-45-17-8-10-19-47(45)53(48-20-11-9-18-46(48)52)41-24-23-36-13-4-5-15-39(36)32-41/h4-11,13-34H,2-3,12H2,1H3. The summed E-state index contributed by atoms with van der Waals surface area (Å²) in [5.74, 6) is 0. The first-order chi connectivity index (χ1) is 27.2. The topological polar surface area (TPSA) is 4.93 Å². The van der Waals surface area contributed by atoms with Crippen LogP contribution in [0.1, 0.15) is 25.3 Å². The van der Waals surface area contributed by atoms with Crippen molar-refractivity contribution in [3.05, 3.63) is 188 Å². The number of aryl methyl sites for hydroxylation is 1. The van der Waals surface area contributed by atoms with Gasteiger partial charge < -0.3 is 4.57 Å². The minimum absolute atomic E-state index is 1.12. The SMILES string of the molecule is CCCCc1ccc2cc3c(cc2c1)c1ccc2ccccc2c1n3-c1ccc(-c2c3ccccc3c(-c3ccc4ccccc4c3)c3ccccc23)cc1. The fraction of sp³-hybridized carbons (Fsp3) is 0.0741. The van der Waals surface area contributed by atoms with Crippen molar-refractivity contribution >= 4 is 75.7 Å². The Labute approximate surface area is 320 Å². The van der Waals surface area contributed by atoms with Gasteiger partial charge in [0.2, 0.25) is 0 Å². The van der Waals surface area contributed by atoms with E-state index in [1.54, 1.807) is 0 Å². The van der Waals surface area contributed by atoms with Crippen LogP contribution in [-0.4, -0.2) is 4.57 Å². The van der Waals surface area contributed by atoms with Crippen molar-refractivity contribution in [3.63, 3.8) is 0 Å². The van der Waals surface area contributed by atoms with Gasteiger partial charge in [0.1, 0.15) is 0 Å². The van der Waals surface area contributed by atoms with Crippen LogP contribution in [0.15, 0.2) is 182 Å². The molecule has 0 bridgehead atoms. The van der Waals surface area contributed by atoms with Crippen molar-refractivity contribution in [3.8, 4) is 27.9 Å². The van der Waals surface area contributed by atoms with E-state index in [1.807, 2.05) is 0 Å². The minimum Gasteiger partial charge on any atom is -0.309 e. The second kappa shape index (κ2) is 12.7. The smallest absolute Gasteiger partial charge is 0.0619 e. The highest BCUT2D eigenvalue weighted by Gasteiger charge is 2.19. The molecule has 0 aliphatic rings. The van der Waals surface area contributed by atoms with Gasteiger partial charge in [-0.2, -0.15) is 0 Å². The molecule has 11 rings (SSSR count). The number of unbranched alkanes of at least 4 members (excludes halogenated alkanes) is 1. The number of aromatic nitrogens is 1. The molecule has 0 radical (unpaired) electrons. The van der Waals surface area contributed by atoms with E-state index in [9.17, 15) is 0 Å². The summed E-state index contributed by atoms with van der Waals surface area (Å²) in [5.41, 5.74) is 10.1. The van der Waals surface area contributed by atoms with Gasteiger partial charge >= 0.3 is 0 Å². The monoisotopic (exact) mass is 701 g/mol. The number of hydrogen-bond donors (Lipinski definition) is 0. The van der Waals surface area contributed by atoms with Gasteiger partial charge in [-0.25, -0.2) is 0 Å². The number of benzene rings is 10. The van der Waals surface area contributed by atoms with Gasteiger partial charge in [-0.15, -0.1) is 0 Å². The van der Waals surface area contributed by atoms with Crippen LogP contribution in [-0.2, 0) is 6.42 Å². The molecule has 0 saturated heterocycles. The van der Waals surface area contributed by atoms with Crippen molar-refractivity contribution in [1.82, 2.24) is 4.57 Å². The van der Waals surface area contributed by atoms with E-state index in [1.165, 1.54) is 122 Å². The minimum atomic E-state index is 1.12. The number of nitrogens with zero attached hydrogens (tertiary/aromatic N) is 1. The van der Waals surface area contributed by atoms with Gasteiger partial charge in [0.15, 0.2) is 0 Å². The molecule has 0 N–H and O–H groups in total. The van der Waals surface area contributed by atoms with Crippen molar-refractivity contribution in [2.45, 2.75) is 26.2 Å². The van der Waals surface area contributed by atoms with Gasteiger partial charge in [0, 0.05) is 21.8 Å². The van der Waals surface area contributed by atoms with Crippen LogP contribution in [0, 0.1) is 0 Å². The summed E-state index contributed by atoms with van der Waals surface area (Å²) in [6, 6.07) is 68.1. The lowest BCUT2D eigenvalue weighted by Gasteiger charge is -2.18. The molecule has 55 heavy (non-hydrogen) atoms. The van der Waals surface area contributed by atoms with Crippen LogP contribution in [0.25, 0.3) is 104 Å². The zero-order valence-electron chi connectivity index (χ0n) is 30.9. The zero-order chi connectivity index (χ0) is 36.5. The third-order valence-corrected chi connectivity index (χ3v) is 11.9. The van der Waals surface area contributed by atoms with Gasteiger partial charge in [0.05, 0.1) is 11.0 Å². The quantitative estimate of drug-likeness (QED) is 0.152. The third-order valence-electron chi connectivity index (χ3n) is 11.9. The normalized spacial score (nSPS) is 11.9. The predicted octanol–water partition coefficient (Wildman–Crippen LogP) is 15.2. The summed E-state index contributed by atoms with van der Waals surface area (Å²) in [6.07, 6.45) is 3.55. The van der Waals surface area contributed by atoms with E-state index < -0.39 is 0 Å². The molecule has 0 atom stereocenters. The zero-order valence-corrected chi connectivity index (χ0v) is 30.9. The molecule has 0 aliphatic heterocycles. The van der Waals surface area contributed by atoms with Crippen LogP contribution in [0.3, 0.4) is 0 Å². The van der Waals surface area contributed by atoms with Gasteiger partial charge in [-0.3, -0.25) is 0 Å². The second-order valence-electron chi connectivity index (χ2n) is 15.1. The molecule has 1 aromatic heterocycles. The lowest BCUT2D eigenvalue weighted by Crippen LogP contribution is -1.95. The average molecular weight is 702 g/mol. The molecule has 0 aliphatic carbocycles. The Morgan fingerprint density at radius 1 is 0.382 bits per heavy atom. The summed E-state index contributed by atoms with van der Waals surface area (Å²) in [5, 5.41) is 15.3. The van der Waals surface area contributed by atoms with E-state index in [2.05, 4.69) is 193 Å². The molecule has 1 nitrogen and oxygen atoms in total. The highest BCUT2D eigenvalue weighted by molar-refractivity contribution is 6.23. The maximum Gasteiger partial charge on any atom is 0.0619 e. The van der Waals surface area contributed by atoms with Gasteiger partial charge in [0.25, 0.3) is 0 Å². The summed E-state index contributed by atoms with van der Waals surface area (Å²) < 4.78 is 2.50. The van der Waals surface area contributed by atoms with E-state index in [-0.39, 0.29) is 0 Å². The van der Waals surface area contributed by atoms with E-state index in [0.717, 1.165) is 6.42 Å². The Balaban J connectivity index is 1.13. The molecule has 0 saturated carbocycles. The lowest BCUT2D eigenvalue weighted by molar-refractivity contribution is 0.796. The largest absolute Gasteiger partial charge is 0.309 e. The Morgan fingerprint density at radius 3 is 1.65 bits per heavy atom. The molecule has 1 heterocycles. The Kier molecular flexibility index (Phi) is 7.35. The van der Waals surface area contributed by atoms with Gasteiger partial charge in [-0.1, -0.05) is 165 Å². The number of fused-ring (bicyclic) bond motifs is 9. The highest BCUT2D eigenvalue weighted by atomic mass is 15.0. The van der Waals surface area contributed by atoms with Crippen LogP contribution in [0.2, 0.25) is 0 Å². The van der Waals surface area contributed by atoms with E-state index in [4.69, 9.17) is 0 Å². The molecule has 0 spiro atoms. The van der Waals surface area contributed by atoms with Crippen LogP contribution in [0.5, 0.6) is 0 Å². The molecule has 11 aromatic rings. The predicted molar refractivity (Wildman–Crippen MR) is 238 cm³/mol. The molecular weight excluding hydrogens is 663 g/mol. The van der Waals surface area contributed by atoms with E-state index >= 15 is 0 Å². The first kappa shape index (κ1) is 31.8. The summed E-state index contributed by atoms with van der Waals surface area (Å²) in [4.78, 5) is 0. The summed E-state index contributed by atoms with van der Waals surface area (Å²) >= 11 is 0. The Morgan fingerprint density at radius 2 is 0.945 bits per heavy atom. The van der Waals surface area contributed by atoms with Crippen LogP contribution in [0.4, 0.5) is 0 Å². The first-order valence-corrected chi connectivity index (χ1v) is 19.7. The fourth-order valence-corrected chi connectivity index (χ4v) is 9.25. The molecule has 260 valence electrons. The summed E-state index contributed by atoms with van der Waals surface area (Å²) in [7, 11) is 0. The Bertz CT molecular complexity index is 3230. The van der Waals surface area contributed by atoms with Crippen molar-refractivity contribution < 1.29 is 0 Å². The Hall–Kier alpha value is -6.70. The molecule has 0 unspecified atom stereocenters. The van der Waals surface area contributed by atoms with Gasteiger partial charge in [-0.05, 0) is 119 Å². The molecule has 0 fully saturated rings. The number of rotatable bonds is 6. The molecular formula is C54H39N. The highest BCUT2D eigenvalue weighted by Crippen LogP contribution is 2.45. The van der Waals surface area contributed by atoms with Crippen molar-refractivity contribution in [2.24, 2.45) is 0 Å². The van der Waals surface area contributed by atoms with Crippen molar-refractivity contribution in [1.29, 1.82) is 0 Å². The van der Waals surface area contributed by atoms with Crippen LogP contribution >= 0.6 is 0 Å². The van der Waals surface area contributed by atoms with Crippen LogP contribution < -0.4 is 0 Å². The fourth-order valence-electron chi connectivity index (χ4n) is 9.25. The number of hydrogen-bond acceptors (Lipinski definition) is 0. The third kappa shape index (κ3) is 5.07. The molecule has 1 heteroatoms. The van der Waals surface area contributed by atoms with E-state index in [0.29, 0.717) is 0 Å². The average Bonchev–Trinajstić information content (AvgIpc) is 3.57. The molecule has 0 amide bonds. The first-order valence-electron chi connectivity index (χ1n) is 19.7. The maximum atomic E-state index is 2.50. The van der Waals surface area contributed by atoms with Crippen molar-refractivity contribution in [2.75, 3.05) is 0 Å². The molecule has 10 aromatic carbocycles. The summed E-state index contributed by atoms with van der Waals surface area (Å²) in [6.45, 7) is 2.27.